The molecule has 1 aliphatic heterocycles. The lowest BCUT2D eigenvalue weighted by Gasteiger charge is -2.16. The predicted molar refractivity (Wildman–Crippen MR) is 141 cm³/mol. The lowest BCUT2D eigenvalue weighted by molar-refractivity contribution is -0.113. The van der Waals surface area contributed by atoms with Crippen LogP contribution in [0.4, 0.5) is 5.69 Å². The number of nitrogens with one attached hydrogen (secondary N) is 1. The number of para-hydroxylation sites is 1. The standard InChI is InChI=1S/C28H29N5OS/c34-27(29-25-16-8-7-15-24(25)23-13-5-2-6-14-23)21-35-28-31-30-26(20-32-17-9-10-18-32)33(28)19-22-11-3-1-4-12-22/h1-8,11-16H,9-10,17-21H2,(H,29,34). The van der Waals surface area contributed by atoms with Crippen molar-refractivity contribution >= 4 is 23.4 Å². The molecule has 3 aromatic carbocycles. The van der Waals surface area contributed by atoms with Crippen LogP contribution in [0.1, 0.15) is 24.2 Å². The van der Waals surface area contributed by atoms with Crippen LogP contribution in [0.15, 0.2) is 90.1 Å². The smallest absolute Gasteiger partial charge is 0.234 e. The summed E-state index contributed by atoms with van der Waals surface area (Å²) in [4.78, 5) is 15.4. The monoisotopic (exact) mass is 483 g/mol. The second-order valence-electron chi connectivity index (χ2n) is 8.70. The highest BCUT2D eigenvalue weighted by atomic mass is 32.2. The van der Waals surface area contributed by atoms with Crippen LogP contribution in [0.25, 0.3) is 11.1 Å². The van der Waals surface area contributed by atoms with Gasteiger partial charge >= 0.3 is 0 Å². The van der Waals surface area contributed by atoms with Gasteiger partial charge in [-0.15, -0.1) is 10.2 Å². The molecule has 0 radical (unpaired) electrons. The van der Waals surface area contributed by atoms with Gasteiger partial charge in [0.15, 0.2) is 5.16 Å². The fourth-order valence-corrected chi connectivity index (χ4v) is 5.14. The molecule has 1 fully saturated rings. The number of hydrogen-bond acceptors (Lipinski definition) is 5. The number of benzene rings is 3. The average Bonchev–Trinajstić information content (AvgIpc) is 3.55. The Morgan fingerprint density at radius 3 is 2.29 bits per heavy atom. The summed E-state index contributed by atoms with van der Waals surface area (Å²) >= 11 is 1.43. The van der Waals surface area contributed by atoms with E-state index in [4.69, 9.17) is 0 Å². The summed E-state index contributed by atoms with van der Waals surface area (Å²) in [6.07, 6.45) is 2.47. The number of likely N-dealkylation sites (tertiary alicyclic amines) is 1. The maximum absolute atomic E-state index is 12.9. The Hall–Kier alpha value is -3.42. The fraction of sp³-hybridized carbons (Fsp3) is 0.250. The van der Waals surface area contributed by atoms with E-state index in [9.17, 15) is 4.79 Å². The zero-order valence-corrected chi connectivity index (χ0v) is 20.5. The third kappa shape index (κ3) is 5.99. The minimum atomic E-state index is -0.0614. The van der Waals surface area contributed by atoms with Gasteiger partial charge < -0.3 is 9.88 Å². The number of rotatable bonds is 9. The summed E-state index contributed by atoms with van der Waals surface area (Å²) in [6, 6.07) is 28.3. The number of nitrogens with zero attached hydrogens (tertiary/aromatic N) is 4. The SMILES string of the molecule is O=C(CSc1nnc(CN2CCCC2)n1Cc1ccccc1)Nc1ccccc1-c1ccccc1. The Morgan fingerprint density at radius 2 is 1.51 bits per heavy atom. The molecule has 1 amide bonds. The van der Waals surface area contributed by atoms with Gasteiger partial charge in [0.25, 0.3) is 0 Å². The van der Waals surface area contributed by atoms with Gasteiger partial charge in [0.1, 0.15) is 5.82 Å². The second kappa shape index (κ2) is 11.3. The Morgan fingerprint density at radius 1 is 0.829 bits per heavy atom. The molecule has 2 heterocycles. The van der Waals surface area contributed by atoms with E-state index in [0.29, 0.717) is 6.54 Å². The third-order valence-corrected chi connectivity index (χ3v) is 7.13. The summed E-state index contributed by atoms with van der Waals surface area (Å²) in [6.45, 7) is 3.68. The molecule has 6 nitrogen and oxygen atoms in total. The molecular formula is C28H29N5OS. The van der Waals surface area contributed by atoms with Gasteiger partial charge in [-0.05, 0) is 43.1 Å². The Balaban J connectivity index is 1.29. The number of amides is 1. The van der Waals surface area contributed by atoms with Gasteiger partial charge in [-0.3, -0.25) is 9.69 Å². The molecule has 4 aromatic rings. The van der Waals surface area contributed by atoms with Gasteiger partial charge in [-0.25, -0.2) is 0 Å². The van der Waals surface area contributed by atoms with E-state index in [1.54, 1.807) is 0 Å². The predicted octanol–water partition coefficient (Wildman–Crippen LogP) is 5.32. The van der Waals surface area contributed by atoms with Crippen molar-refractivity contribution in [3.63, 3.8) is 0 Å². The van der Waals surface area contributed by atoms with E-state index in [0.717, 1.165) is 47.4 Å². The first-order valence-corrected chi connectivity index (χ1v) is 13.0. The number of carbonyl (C=O) groups excluding carboxylic acids is 1. The number of hydrogen-bond donors (Lipinski definition) is 1. The van der Waals surface area contributed by atoms with Crippen LogP contribution >= 0.6 is 11.8 Å². The van der Waals surface area contributed by atoms with E-state index in [-0.39, 0.29) is 11.7 Å². The van der Waals surface area contributed by atoms with Crippen molar-refractivity contribution in [1.82, 2.24) is 19.7 Å². The van der Waals surface area contributed by atoms with Crippen molar-refractivity contribution < 1.29 is 4.79 Å². The lowest BCUT2D eigenvalue weighted by Crippen LogP contribution is -2.22. The Bertz CT molecular complexity index is 1250. The van der Waals surface area contributed by atoms with Gasteiger partial charge in [-0.1, -0.05) is 90.6 Å². The molecule has 0 aliphatic carbocycles. The minimum absolute atomic E-state index is 0.0614. The van der Waals surface area contributed by atoms with Crippen molar-refractivity contribution in [1.29, 1.82) is 0 Å². The number of anilines is 1. The third-order valence-electron chi connectivity index (χ3n) is 6.16. The molecule has 0 bridgehead atoms. The first-order chi connectivity index (χ1) is 17.3. The van der Waals surface area contributed by atoms with Gasteiger partial charge in [0.05, 0.1) is 18.8 Å². The molecule has 1 saturated heterocycles. The van der Waals surface area contributed by atoms with Crippen LogP contribution in [0, 0.1) is 0 Å². The van der Waals surface area contributed by atoms with E-state index in [2.05, 4.69) is 37.1 Å². The van der Waals surface area contributed by atoms with E-state index < -0.39 is 0 Å². The summed E-state index contributed by atoms with van der Waals surface area (Å²) in [7, 11) is 0. The molecule has 1 aromatic heterocycles. The highest BCUT2D eigenvalue weighted by molar-refractivity contribution is 7.99. The van der Waals surface area contributed by atoms with E-state index in [1.165, 1.54) is 30.2 Å². The molecule has 1 aliphatic rings. The van der Waals surface area contributed by atoms with Crippen LogP contribution in [-0.4, -0.2) is 44.4 Å². The van der Waals surface area contributed by atoms with Crippen LogP contribution in [0.2, 0.25) is 0 Å². The van der Waals surface area contributed by atoms with Crippen molar-refractivity contribution in [3.8, 4) is 11.1 Å². The van der Waals surface area contributed by atoms with Crippen molar-refractivity contribution in [3.05, 3.63) is 96.3 Å². The van der Waals surface area contributed by atoms with Crippen LogP contribution in [0.3, 0.4) is 0 Å². The first kappa shape index (κ1) is 23.3. The number of thioether (sulfide) groups is 1. The fourth-order valence-electron chi connectivity index (χ4n) is 4.39. The molecule has 1 N–H and O–H groups in total. The molecule has 0 unspecified atom stereocenters. The number of aromatic nitrogens is 3. The van der Waals surface area contributed by atoms with Crippen LogP contribution in [-0.2, 0) is 17.9 Å². The Labute approximate surface area is 210 Å². The van der Waals surface area contributed by atoms with E-state index >= 15 is 0 Å². The zero-order chi connectivity index (χ0) is 23.9. The highest BCUT2D eigenvalue weighted by Gasteiger charge is 2.19. The van der Waals surface area contributed by atoms with Gasteiger partial charge in [0.2, 0.25) is 5.91 Å². The lowest BCUT2D eigenvalue weighted by atomic mass is 10.0. The van der Waals surface area contributed by atoms with Crippen molar-refractivity contribution in [2.45, 2.75) is 31.1 Å². The van der Waals surface area contributed by atoms with Crippen LogP contribution in [0.5, 0.6) is 0 Å². The van der Waals surface area contributed by atoms with Crippen molar-refractivity contribution in [2.75, 3.05) is 24.2 Å². The average molecular weight is 484 g/mol. The summed E-state index contributed by atoms with van der Waals surface area (Å²) in [5.41, 5.74) is 4.08. The molecule has 0 spiro atoms. The summed E-state index contributed by atoms with van der Waals surface area (Å²) < 4.78 is 2.16. The molecule has 0 saturated carbocycles. The molecule has 178 valence electrons. The van der Waals surface area contributed by atoms with E-state index in [1.807, 2.05) is 72.8 Å². The molecule has 0 atom stereocenters. The molecule has 5 rings (SSSR count). The first-order valence-electron chi connectivity index (χ1n) is 12.0. The molecule has 7 heteroatoms. The zero-order valence-electron chi connectivity index (χ0n) is 19.6. The maximum atomic E-state index is 12.9. The summed E-state index contributed by atoms with van der Waals surface area (Å²) in [5, 5.41) is 12.8. The number of carbonyl (C=O) groups is 1. The van der Waals surface area contributed by atoms with Gasteiger partial charge in [0, 0.05) is 11.3 Å². The van der Waals surface area contributed by atoms with Crippen molar-refractivity contribution in [2.24, 2.45) is 0 Å². The van der Waals surface area contributed by atoms with Gasteiger partial charge in [-0.2, -0.15) is 0 Å². The topological polar surface area (TPSA) is 63.1 Å². The molecule has 35 heavy (non-hydrogen) atoms. The largest absolute Gasteiger partial charge is 0.325 e. The quantitative estimate of drug-likeness (QED) is 0.327. The highest BCUT2D eigenvalue weighted by Crippen LogP contribution is 2.28. The minimum Gasteiger partial charge on any atom is -0.325 e. The normalized spacial score (nSPS) is 13.7. The summed E-state index contributed by atoms with van der Waals surface area (Å²) in [5.74, 6) is 1.15. The second-order valence-corrected chi connectivity index (χ2v) is 9.64. The van der Waals surface area contributed by atoms with Crippen LogP contribution < -0.4 is 5.32 Å². The molecular weight excluding hydrogens is 454 g/mol. The Kier molecular flexibility index (Phi) is 7.56. The maximum Gasteiger partial charge on any atom is 0.234 e.